The summed E-state index contributed by atoms with van der Waals surface area (Å²) in [6.45, 7) is 11.7. The molecule has 0 amide bonds. The molecule has 1 heterocycles. The summed E-state index contributed by atoms with van der Waals surface area (Å²) in [4.78, 5) is 2.49. The lowest BCUT2D eigenvalue weighted by molar-refractivity contribution is 0.191. The molecule has 1 saturated carbocycles. The summed E-state index contributed by atoms with van der Waals surface area (Å²) >= 11 is 0. The van der Waals surface area contributed by atoms with E-state index >= 15 is 0 Å². The lowest BCUT2D eigenvalue weighted by Gasteiger charge is -2.28. The predicted octanol–water partition coefficient (Wildman–Crippen LogP) is 3.40. The average molecular weight is 185 g/mol. The summed E-state index contributed by atoms with van der Waals surface area (Å²) in [6, 6.07) is 0.855. The third-order valence-corrected chi connectivity index (χ3v) is 2.99. The molecule has 80 valence electrons. The molecule has 2 fully saturated rings. The van der Waals surface area contributed by atoms with Crippen LogP contribution in [0.25, 0.3) is 0 Å². The van der Waals surface area contributed by atoms with Crippen molar-refractivity contribution in [3.05, 3.63) is 0 Å². The highest BCUT2D eigenvalue weighted by Gasteiger charge is 2.42. The van der Waals surface area contributed by atoms with E-state index in [-0.39, 0.29) is 0 Å². The second kappa shape index (κ2) is 6.42. The predicted molar refractivity (Wildman–Crippen MR) is 61.0 cm³/mol. The number of fused-ring (bicyclic) bond motifs is 1. The van der Waals surface area contributed by atoms with Gasteiger partial charge in [-0.15, -0.1) is 0 Å². The van der Waals surface area contributed by atoms with Crippen molar-refractivity contribution in [1.29, 1.82) is 0 Å². The van der Waals surface area contributed by atoms with E-state index in [4.69, 9.17) is 0 Å². The van der Waals surface area contributed by atoms with E-state index in [2.05, 4.69) is 18.9 Å². The van der Waals surface area contributed by atoms with E-state index in [0.29, 0.717) is 0 Å². The van der Waals surface area contributed by atoms with Crippen molar-refractivity contribution >= 4 is 0 Å². The minimum atomic E-state index is 0.855. The topological polar surface area (TPSA) is 3.24 Å². The molecule has 0 aromatic rings. The maximum absolute atomic E-state index is 2.49. The Morgan fingerprint density at radius 1 is 0.923 bits per heavy atom. The lowest BCUT2D eigenvalue weighted by Crippen LogP contribution is -2.35. The van der Waals surface area contributed by atoms with Crippen LogP contribution in [0.5, 0.6) is 0 Å². The van der Waals surface area contributed by atoms with Crippen molar-refractivity contribution in [2.24, 2.45) is 11.8 Å². The standard InChI is InChI=1S/C8H15N.2C2H6/c1-6-3-7-4-8(7)5-9(6)2;2*1-2/h6-8H,3-5H2,1-2H3;2*1-2H3. The highest BCUT2D eigenvalue weighted by molar-refractivity contribution is 4.94. The molecule has 1 saturated heterocycles. The normalized spacial score (nSPS) is 36.0. The molecule has 2 rings (SSSR count). The fraction of sp³-hybridized carbons (Fsp3) is 1.00. The van der Waals surface area contributed by atoms with E-state index in [1.54, 1.807) is 0 Å². The van der Waals surface area contributed by atoms with Crippen molar-refractivity contribution in [2.75, 3.05) is 13.6 Å². The zero-order valence-corrected chi connectivity index (χ0v) is 10.3. The zero-order chi connectivity index (χ0) is 10.4. The first-order valence-corrected chi connectivity index (χ1v) is 5.97. The molecule has 0 spiro atoms. The van der Waals surface area contributed by atoms with Crippen LogP contribution in [0.1, 0.15) is 47.5 Å². The van der Waals surface area contributed by atoms with Crippen molar-refractivity contribution in [3.63, 3.8) is 0 Å². The smallest absolute Gasteiger partial charge is 0.00667 e. The first-order valence-electron chi connectivity index (χ1n) is 5.97. The third kappa shape index (κ3) is 3.68. The number of rotatable bonds is 0. The molecule has 13 heavy (non-hydrogen) atoms. The van der Waals surface area contributed by atoms with Gasteiger partial charge in [0.2, 0.25) is 0 Å². The Hall–Kier alpha value is -0.0400. The molecule has 3 unspecified atom stereocenters. The maximum Gasteiger partial charge on any atom is 0.00667 e. The summed E-state index contributed by atoms with van der Waals surface area (Å²) in [5.41, 5.74) is 0. The van der Waals surface area contributed by atoms with Gasteiger partial charge in [0.25, 0.3) is 0 Å². The highest BCUT2D eigenvalue weighted by Crippen LogP contribution is 2.46. The van der Waals surface area contributed by atoms with Gasteiger partial charge in [0.1, 0.15) is 0 Å². The molecule has 1 heteroatoms. The van der Waals surface area contributed by atoms with Crippen LogP contribution in [0.2, 0.25) is 0 Å². The van der Waals surface area contributed by atoms with E-state index in [1.807, 2.05) is 27.7 Å². The largest absolute Gasteiger partial charge is 0.303 e. The molecular formula is C12H27N. The number of hydrogen-bond acceptors (Lipinski definition) is 1. The lowest BCUT2D eigenvalue weighted by atomic mass is 10.1. The summed E-state index contributed by atoms with van der Waals surface area (Å²) in [5.74, 6) is 2.21. The Morgan fingerprint density at radius 2 is 1.46 bits per heavy atom. The van der Waals surface area contributed by atoms with Crippen LogP contribution >= 0.6 is 0 Å². The second-order valence-corrected chi connectivity index (χ2v) is 3.78. The Bertz CT molecular complexity index is 108. The summed E-state index contributed by atoms with van der Waals surface area (Å²) in [6.07, 6.45) is 2.98. The fourth-order valence-corrected chi connectivity index (χ4v) is 1.99. The van der Waals surface area contributed by atoms with Gasteiger partial charge in [-0.2, -0.15) is 0 Å². The number of likely N-dealkylation sites (tertiary alicyclic amines) is 1. The minimum absolute atomic E-state index is 0.855. The van der Waals surface area contributed by atoms with Gasteiger partial charge in [-0.1, -0.05) is 27.7 Å². The van der Waals surface area contributed by atoms with Gasteiger partial charge in [-0.3, -0.25) is 0 Å². The van der Waals surface area contributed by atoms with Gasteiger partial charge >= 0.3 is 0 Å². The Labute approximate surface area is 84.5 Å². The second-order valence-electron chi connectivity index (χ2n) is 3.78. The highest BCUT2D eigenvalue weighted by atomic mass is 15.1. The monoisotopic (exact) mass is 185 g/mol. The Balaban J connectivity index is 0.000000322. The van der Waals surface area contributed by atoms with Gasteiger partial charge in [-0.05, 0) is 38.6 Å². The molecule has 0 N–H and O–H groups in total. The molecular weight excluding hydrogens is 158 g/mol. The van der Waals surface area contributed by atoms with E-state index < -0.39 is 0 Å². The van der Waals surface area contributed by atoms with Crippen molar-refractivity contribution in [2.45, 2.75) is 53.5 Å². The molecule has 0 bridgehead atoms. The van der Waals surface area contributed by atoms with E-state index in [9.17, 15) is 0 Å². The van der Waals surface area contributed by atoms with Crippen LogP contribution in [0.3, 0.4) is 0 Å². The van der Waals surface area contributed by atoms with Gasteiger partial charge in [0.15, 0.2) is 0 Å². The molecule has 1 aliphatic carbocycles. The number of hydrogen-bond donors (Lipinski definition) is 0. The van der Waals surface area contributed by atoms with Crippen LogP contribution in [-0.2, 0) is 0 Å². The van der Waals surface area contributed by atoms with Gasteiger partial charge in [-0.25, -0.2) is 0 Å². The van der Waals surface area contributed by atoms with Crippen molar-refractivity contribution in [1.82, 2.24) is 4.90 Å². The number of piperidine rings is 1. The molecule has 1 nitrogen and oxygen atoms in total. The van der Waals surface area contributed by atoms with Gasteiger partial charge < -0.3 is 4.90 Å². The molecule has 3 atom stereocenters. The van der Waals surface area contributed by atoms with Gasteiger partial charge in [0, 0.05) is 12.6 Å². The van der Waals surface area contributed by atoms with Crippen LogP contribution in [0, 0.1) is 11.8 Å². The van der Waals surface area contributed by atoms with Gasteiger partial charge in [0.05, 0.1) is 0 Å². The molecule has 1 aliphatic heterocycles. The maximum atomic E-state index is 2.49. The average Bonchev–Trinajstić information content (AvgIpc) is 2.90. The summed E-state index contributed by atoms with van der Waals surface area (Å²) < 4.78 is 0. The van der Waals surface area contributed by atoms with Crippen molar-refractivity contribution < 1.29 is 0 Å². The van der Waals surface area contributed by atoms with Crippen molar-refractivity contribution in [3.8, 4) is 0 Å². The zero-order valence-electron chi connectivity index (χ0n) is 10.3. The van der Waals surface area contributed by atoms with E-state index in [0.717, 1.165) is 17.9 Å². The van der Waals surface area contributed by atoms with E-state index in [1.165, 1.54) is 19.4 Å². The summed E-state index contributed by atoms with van der Waals surface area (Å²) in [5, 5.41) is 0. The number of nitrogens with zero attached hydrogens (tertiary/aromatic N) is 1. The Morgan fingerprint density at radius 3 is 1.92 bits per heavy atom. The molecule has 2 aliphatic rings. The SMILES string of the molecule is CC.CC.CC1CC2CC2CN1C. The van der Waals surface area contributed by atoms with Crippen LogP contribution in [0.4, 0.5) is 0 Å². The third-order valence-electron chi connectivity index (χ3n) is 2.99. The van der Waals surface area contributed by atoms with Crippen LogP contribution in [0.15, 0.2) is 0 Å². The van der Waals surface area contributed by atoms with Crippen LogP contribution in [-0.4, -0.2) is 24.5 Å². The van der Waals surface area contributed by atoms with Crippen LogP contribution < -0.4 is 0 Å². The molecule has 0 aromatic carbocycles. The Kier molecular flexibility index (Phi) is 6.40. The minimum Gasteiger partial charge on any atom is -0.303 e. The summed E-state index contributed by atoms with van der Waals surface area (Å²) in [7, 11) is 2.25. The molecule has 0 aromatic heterocycles. The fourth-order valence-electron chi connectivity index (χ4n) is 1.99. The quantitative estimate of drug-likeness (QED) is 0.559. The first kappa shape index (κ1) is 13.0. The molecule has 0 radical (unpaired) electrons. The first-order chi connectivity index (χ1) is 6.27.